The van der Waals surface area contributed by atoms with Gasteiger partial charge in [0.1, 0.15) is 5.82 Å². The van der Waals surface area contributed by atoms with Crippen molar-refractivity contribution in [3.8, 4) is 0 Å². The number of nitrogens with zero attached hydrogens (tertiary/aromatic N) is 1. The molecule has 1 aliphatic heterocycles. The molecule has 3 nitrogen and oxygen atoms in total. The van der Waals surface area contributed by atoms with Crippen molar-refractivity contribution in [3.63, 3.8) is 0 Å². The lowest BCUT2D eigenvalue weighted by molar-refractivity contribution is -0.0124. The van der Waals surface area contributed by atoms with Crippen LogP contribution in [0.1, 0.15) is 22.8 Å². The van der Waals surface area contributed by atoms with Crippen LogP contribution in [0.3, 0.4) is 0 Å². The number of carbonyl (C=O) groups is 1. The SMILES string of the molecule is Cc1cc(C(=O)N2CCO[C@H](C)C2)c(Br)cc1F. The smallest absolute Gasteiger partial charge is 0.255 e. The Hall–Kier alpha value is -0.940. The fraction of sp³-hybridized carbons (Fsp3) is 0.462. The molecule has 0 radical (unpaired) electrons. The lowest BCUT2D eigenvalue weighted by Crippen LogP contribution is -2.44. The van der Waals surface area contributed by atoms with E-state index in [9.17, 15) is 9.18 Å². The van der Waals surface area contributed by atoms with Crippen LogP contribution in [0.25, 0.3) is 0 Å². The zero-order chi connectivity index (χ0) is 13.3. The number of morpholine rings is 1. The minimum absolute atomic E-state index is 0.0445. The summed E-state index contributed by atoms with van der Waals surface area (Å²) in [7, 11) is 0. The highest BCUT2D eigenvalue weighted by Crippen LogP contribution is 2.23. The monoisotopic (exact) mass is 315 g/mol. The summed E-state index contributed by atoms with van der Waals surface area (Å²) in [6.45, 7) is 5.28. The van der Waals surface area contributed by atoms with E-state index >= 15 is 0 Å². The molecule has 1 amide bonds. The van der Waals surface area contributed by atoms with Gasteiger partial charge in [-0.05, 0) is 47.5 Å². The van der Waals surface area contributed by atoms with Gasteiger partial charge in [0.25, 0.3) is 5.91 Å². The normalized spacial score (nSPS) is 20.0. The molecular formula is C13H15BrFNO2. The van der Waals surface area contributed by atoms with Crippen LogP contribution in [0.4, 0.5) is 4.39 Å². The molecule has 18 heavy (non-hydrogen) atoms. The molecule has 1 heterocycles. The second-order valence-electron chi connectivity index (χ2n) is 4.51. The maximum Gasteiger partial charge on any atom is 0.255 e. The molecule has 1 aromatic carbocycles. The first kappa shape index (κ1) is 13.5. The quantitative estimate of drug-likeness (QED) is 0.797. The molecule has 0 spiro atoms. The van der Waals surface area contributed by atoms with Crippen molar-refractivity contribution < 1.29 is 13.9 Å². The van der Waals surface area contributed by atoms with Gasteiger partial charge >= 0.3 is 0 Å². The summed E-state index contributed by atoms with van der Waals surface area (Å²) in [6, 6.07) is 2.92. The maximum atomic E-state index is 13.4. The molecule has 98 valence electrons. The van der Waals surface area contributed by atoms with E-state index in [0.717, 1.165) is 0 Å². The van der Waals surface area contributed by atoms with Crippen molar-refractivity contribution in [2.75, 3.05) is 19.7 Å². The Bertz CT molecular complexity index is 478. The Morgan fingerprint density at radius 3 is 2.94 bits per heavy atom. The molecular weight excluding hydrogens is 301 g/mol. The van der Waals surface area contributed by atoms with Gasteiger partial charge in [-0.25, -0.2) is 4.39 Å². The number of halogens is 2. The van der Waals surface area contributed by atoms with Gasteiger partial charge in [-0.2, -0.15) is 0 Å². The third kappa shape index (κ3) is 2.72. The van der Waals surface area contributed by atoms with Crippen LogP contribution in [-0.2, 0) is 4.74 Å². The predicted molar refractivity (Wildman–Crippen MR) is 70.2 cm³/mol. The standard InChI is InChI=1S/C13H15BrFNO2/c1-8-5-10(11(14)6-12(8)15)13(17)16-3-4-18-9(2)7-16/h5-6,9H,3-4,7H2,1-2H3/t9-/m1/s1. The molecule has 1 saturated heterocycles. The highest BCUT2D eigenvalue weighted by Gasteiger charge is 2.24. The van der Waals surface area contributed by atoms with Crippen molar-refractivity contribution in [1.82, 2.24) is 4.90 Å². The summed E-state index contributed by atoms with van der Waals surface area (Å²) in [5.74, 6) is -0.395. The van der Waals surface area contributed by atoms with Crippen LogP contribution in [0, 0.1) is 12.7 Å². The summed E-state index contributed by atoms with van der Waals surface area (Å²) < 4.78 is 19.2. The molecule has 0 unspecified atom stereocenters. The number of benzene rings is 1. The number of ether oxygens (including phenoxy) is 1. The van der Waals surface area contributed by atoms with Gasteiger partial charge in [-0.3, -0.25) is 4.79 Å². The summed E-state index contributed by atoms with van der Waals surface area (Å²) in [5, 5.41) is 0. The number of aryl methyl sites for hydroxylation is 1. The molecule has 1 aromatic rings. The van der Waals surface area contributed by atoms with Gasteiger partial charge in [0.2, 0.25) is 0 Å². The molecule has 0 aliphatic carbocycles. The highest BCUT2D eigenvalue weighted by atomic mass is 79.9. The van der Waals surface area contributed by atoms with Crippen LogP contribution in [-0.4, -0.2) is 36.6 Å². The zero-order valence-corrected chi connectivity index (χ0v) is 12.0. The van der Waals surface area contributed by atoms with E-state index in [-0.39, 0.29) is 17.8 Å². The van der Waals surface area contributed by atoms with Crippen LogP contribution in [0.15, 0.2) is 16.6 Å². The van der Waals surface area contributed by atoms with E-state index < -0.39 is 0 Å². The van der Waals surface area contributed by atoms with Crippen molar-refractivity contribution in [1.29, 1.82) is 0 Å². The number of hydrogen-bond donors (Lipinski definition) is 0. The molecule has 1 fully saturated rings. The molecule has 0 aromatic heterocycles. The Morgan fingerprint density at radius 1 is 1.56 bits per heavy atom. The van der Waals surface area contributed by atoms with Gasteiger partial charge in [-0.15, -0.1) is 0 Å². The highest BCUT2D eigenvalue weighted by molar-refractivity contribution is 9.10. The second kappa shape index (κ2) is 5.36. The largest absolute Gasteiger partial charge is 0.375 e. The van der Waals surface area contributed by atoms with Crippen molar-refractivity contribution in [2.24, 2.45) is 0 Å². The van der Waals surface area contributed by atoms with Crippen LogP contribution in [0.2, 0.25) is 0 Å². The third-order valence-electron chi connectivity index (χ3n) is 3.01. The summed E-state index contributed by atoms with van der Waals surface area (Å²) >= 11 is 3.24. The molecule has 2 rings (SSSR count). The minimum Gasteiger partial charge on any atom is -0.375 e. The summed E-state index contributed by atoms with van der Waals surface area (Å²) in [5.41, 5.74) is 0.978. The van der Waals surface area contributed by atoms with Gasteiger partial charge < -0.3 is 9.64 Å². The van der Waals surface area contributed by atoms with Gasteiger partial charge in [-0.1, -0.05) is 0 Å². The molecule has 0 N–H and O–H groups in total. The van der Waals surface area contributed by atoms with Crippen LogP contribution in [0.5, 0.6) is 0 Å². The first-order chi connectivity index (χ1) is 8.49. The third-order valence-corrected chi connectivity index (χ3v) is 3.66. The average Bonchev–Trinajstić information content (AvgIpc) is 2.33. The first-order valence-electron chi connectivity index (χ1n) is 5.85. The van der Waals surface area contributed by atoms with E-state index in [1.807, 2.05) is 6.92 Å². The fourth-order valence-corrected chi connectivity index (χ4v) is 2.48. The molecule has 0 saturated carbocycles. The minimum atomic E-state index is -0.311. The van der Waals surface area contributed by atoms with E-state index in [2.05, 4.69) is 15.9 Å². The molecule has 5 heteroatoms. The van der Waals surface area contributed by atoms with Crippen molar-refractivity contribution in [2.45, 2.75) is 20.0 Å². The van der Waals surface area contributed by atoms with Crippen molar-refractivity contribution >= 4 is 21.8 Å². The van der Waals surface area contributed by atoms with Crippen LogP contribution < -0.4 is 0 Å². The summed E-state index contributed by atoms with van der Waals surface area (Å²) in [4.78, 5) is 14.1. The average molecular weight is 316 g/mol. The fourth-order valence-electron chi connectivity index (χ4n) is 1.99. The van der Waals surface area contributed by atoms with Gasteiger partial charge in [0.15, 0.2) is 0 Å². The summed E-state index contributed by atoms with van der Waals surface area (Å²) in [6.07, 6.45) is 0.0445. The van der Waals surface area contributed by atoms with Gasteiger partial charge in [0, 0.05) is 17.6 Å². The number of carbonyl (C=O) groups excluding carboxylic acids is 1. The molecule has 1 aliphatic rings. The van der Waals surface area contributed by atoms with Gasteiger partial charge in [0.05, 0.1) is 18.3 Å². The van der Waals surface area contributed by atoms with Crippen LogP contribution >= 0.6 is 15.9 Å². The zero-order valence-electron chi connectivity index (χ0n) is 10.4. The Balaban J connectivity index is 2.25. The number of amides is 1. The molecule has 1 atom stereocenters. The second-order valence-corrected chi connectivity index (χ2v) is 5.37. The van der Waals surface area contributed by atoms with E-state index in [0.29, 0.717) is 35.3 Å². The van der Waals surface area contributed by atoms with E-state index in [1.54, 1.807) is 17.9 Å². The van der Waals surface area contributed by atoms with E-state index in [1.165, 1.54) is 6.07 Å². The Morgan fingerprint density at radius 2 is 2.28 bits per heavy atom. The predicted octanol–water partition coefficient (Wildman–Crippen LogP) is 2.76. The number of hydrogen-bond acceptors (Lipinski definition) is 2. The Labute approximate surface area is 114 Å². The topological polar surface area (TPSA) is 29.5 Å². The first-order valence-corrected chi connectivity index (χ1v) is 6.65. The lowest BCUT2D eigenvalue weighted by atomic mass is 10.1. The molecule has 0 bridgehead atoms. The number of rotatable bonds is 1. The Kier molecular flexibility index (Phi) is 4.02. The van der Waals surface area contributed by atoms with E-state index in [4.69, 9.17) is 4.74 Å². The van der Waals surface area contributed by atoms with Crippen molar-refractivity contribution in [3.05, 3.63) is 33.5 Å². The maximum absolute atomic E-state index is 13.4. The lowest BCUT2D eigenvalue weighted by Gasteiger charge is -2.31.